The van der Waals surface area contributed by atoms with Gasteiger partial charge in [0.05, 0.1) is 30.2 Å². The number of methoxy groups -OCH3 is 1. The molecule has 0 aromatic heterocycles. The Morgan fingerprint density at radius 2 is 1.97 bits per heavy atom. The standard InChI is InChI=1S/C23H22N2O3S/c1-14(2)19-10-18(15(3)9-20(19)28-4)11-21-22(26)25(23(27)29-21)13-17-8-6-5-7-16(17)12-24/h5-11,14H,13H2,1-4H3/b21-11+. The summed E-state index contributed by atoms with van der Waals surface area (Å²) in [5.41, 5.74) is 4.02. The molecule has 2 aromatic carbocycles. The molecule has 6 heteroatoms. The van der Waals surface area contributed by atoms with Crippen LogP contribution in [0.5, 0.6) is 5.75 Å². The number of imide groups is 1. The number of ether oxygens (including phenoxy) is 1. The third kappa shape index (κ3) is 4.20. The number of amides is 2. The van der Waals surface area contributed by atoms with Gasteiger partial charge in [0.25, 0.3) is 11.1 Å². The second-order valence-corrected chi connectivity index (χ2v) is 8.14. The third-order valence-electron chi connectivity index (χ3n) is 4.87. The summed E-state index contributed by atoms with van der Waals surface area (Å²) in [6.07, 6.45) is 1.77. The molecular weight excluding hydrogens is 384 g/mol. The maximum atomic E-state index is 12.9. The Morgan fingerprint density at radius 1 is 1.24 bits per heavy atom. The fourth-order valence-corrected chi connectivity index (χ4v) is 4.04. The molecule has 1 heterocycles. The zero-order valence-electron chi connectivity index (χ0n) is 16.9. The van der Waals surface area contributed by atoms with Gasteiger partial charge in [-0.3, -0.25) is 14.5 Å². The Bertz CT molecular complexity index is 1050. The number of benzene rings is 2. The van der Waals surface area contributed by atoms with Gasteiger partial charge in [0.2, 0.25) is 0 Å². The Hall–Kier alpha value is -3.04. The van der Waals surface area contributed by atoms with E-state index in [1.165, 1.54) is 4.90 Å². The number of rotatable bonds is 5. The minimum absolute atomic E-state index is 0.0879. The molecule has 1 aliphatic rings. The summed E-state index contributed by atoms with van der Waals surface area (Å²) in [5.74, 6) is 0.736. The fraction of sp³-hybridized carbons (Fsp3) is 0.261. The van der Waals surface area contributed by atoms with Gasteiger partial charge in [0.1, 0.15) is 5.75 Å². The summed E-state index contributed by atoms with van der Waals surface area (Å²) in [6.45, 7) is 6.20. The van der Waals surface area contributed by atoms with Crippen LogP contribution in [0.3, 0.4) is 0 Å². The largest absolute Gasteiger partial charge is 0.496 e. The predicted octanol–water partition coefficient (Wildman–Crippen LogP) is 5.24. The van der Waals surface area contributed by atoms with Gasteiger partial charge in [-0.2, -0.15) is 5.26 Å². The zero-order valence-corrected chi connectivity index (χ0v) is 17.7. The smallest absolute Gasteiger partial charge is 0.293 e. The van der Waals surface area contributed by atoms with E-state index in [0.717, 1.165) is 34.2 Å². The van der Waals surface area contributed by atoms with Crippen molar-refractivity contribution in [2.45, 2.75) is 33.2 Å². The Morgan fingerprint density at radius 3 is 2.62 bits per heavy atom. The monoisotopic (exact) mass is 406 g/mol. The van der Waals surface area contributed by atoms with Gasteiger partial charge in [0, 0.05) is 0 Å². The summed E-state index contributed by atoms with van der Waals surface area (Å²) in [4.78, 5) is 26.9. The van der Waals surface area contributed by atoms with Gasteiger partial charge in [-0.1, -0.05) is 32.0 Å². The maximum absolute atomic E-state index is 12.9. The second kappa shape index (κ2) is 8.54. The molecule has 0 unspecified atom stereocenters. The molecule has 5 nitrogen and oxygen atoms in total. The lowest BCUT2D eigenvalue weighted by Crippen LogP contribution is -2.27. The molecule has 3 rings (SSSR count). The molecule has 2 aromatic rings. The molecular formula is C23H22N2O3S. The van der Waals surface area contributed by atoms with E-state index in [1.807, 2.05) is 19.1 Å². The third-order valence-corrected chi connectivity index (χ3v) is 5.77. The number of aryl methyl sites for hydroxylation is 1. The number of carbonyl (C=O) groups excluding carboxylic acids is 2. The molecule has 0 atom stereocenters. The highest BCUT2D eigenvalue weighted by Crippen LogP contribution is 2.36. The molecule has 2 amide bonds. The van der Waals surface area contributed by atoms with Crippen molar-refractivity contribution in [3.63, 3.8) is 0 Å². The molecule has 1 aliphatic heterocycles. The highest BCUT2D eigenvalue weighted by molar-refractivity contribution is 8.18. The van der Waals surface area contributed by atoms with E-state index in [-0.39, 0.29) is 23.6 Å². The highest BCUT2D eigenvalue weighted by atomic mass is 32.2. The van der Waals surface area contributed by atoms with Gasteiger partial charge in [-0.05, 0) is 71.1 Å². The number of thioether (sulfide) groups is 1. The second-order valence-electron chi connectivity index (χ2n) is 7.14. The van der Waals surface area contributed by atoms with Crippen LogP contribution >= 0.6 is 11.8 Å². The Balaban J connectivity index is 1.93. The summed E-state index contributed by atoms with van der Waals surface area (Å²) in [6, 6.07) is 13.1. The molecule has 0 N–H and O–H groups in total. The normalized spacial score (nSPS) is 15.3. The van der Waals surface area contributed by atoms with E-state index >= 15 is 0 Å². The average Bonchev–Trinajstić information content (AvgIpc) is 2.96. The number of nitrogens with zero attached hydrogens (tertiary/aromatic N) is 2. The molecule has 29 heavy (non-hydrogen) atoms. The van der Waals surface area contributed by atoms with Crippen molar-refractivity contribution in [3.8, 4) is 11.8 Å². The molecule has 0 bridgehead atoms. The lowest BCUT2D eigenvalue weighted by molar-refractivity contribution is -0.123. The molecule has 0 spiro atoms. The lowest BCUT2D eigenvalue weighted by Gasteiger charge is -2.15. The quantitative estimate of drug-likeness (QED) is 0.636. The number of carbonyl (C=O) groups is 2. The first-order chi connectivity index (χ1) is 13.8. The highest BCUT2D eigenvalue weighted by Gasteiger charge is 2.35. The molecule has 1 saturated heterocycles. The summed E-state index contributed by atoms with van der Waals surface area (Å²) in [5, 5.41) is 8.92. The van der Waals surface area contributed by atoms with Crippen molar-refractivity contribution in [1.82, 2.24) is 4.90 Å². The number of nitriles is 1. The molecule has 0 saturated carbocycles. The average molecular weight is 407 g/mol. The first kappa shape index (κ1) is 20.7. The number of hydrogen-bond donors (Lipinski definition) is 0. The van der Waals surface area contributed by atoms with Crippen molar-refractivity contribution in [2.24, 2.45) is 0 Å². The van der Waals surface area contributed by atoms with Gasteiger partial charge >= 0.3 is 0 Å². The van der Waals surface area contributed by atoms with Gasteiger partial charge in [0.15, 0.2) is 0 Å². The van der Waals surface area contributed by atoms with Crippen LogP contribution in [0.2, 0.25) is 0 Å². The zero-order chi connectivity index (χ0) is 21.1. The fourth-order valence-electron chi connectivity index (χ4n) is 3.21. The van der Waals surface area contributed by atoms with Crippen molar-refractivity contribution < 1.29 is 14.3 Å². The van der Waals surface area contributed by atoms with Crippen LogP contribution in [-0.4, -0.2) is 23.2 Å². The van der Waals surface area contributed by atoms with Crippen molar-refractivity contribution in [1.29, 1.82) is 5.26 Å². The molecule has 0 radical (unpaired) electrons. The van der Waals surface area contributed by atoms with Gasteiger partial charge in [-0.25, -0.2) is 0 Å². The van der Waals surface area contributed by atoms with E-state index in [9.17, 15) is 14.9 Å². The number of hydrogen-bond acceptors (Lipinski definition) is 5. The Labute approximate surface area is 175 Å². The van der Waals surface area contributed by atoms with E-state index < -0.39 is 0 Å². The van der Waals surface area contributed by atoms with Crippen LogP contribution < -0.4 is 4.74 Å². The van der Waals surface area contributed by atoms with E-state index in [2.05, 4.69) is 19.9 Å². The van der Waals surface area contributed by atoms with Crippen LogP contribution in [0, 0.1) is 18.3 Å². The molecule has 1 fully saturated rings. The van der Waals surface area contributed by atoms with E-state index in [4.69, 9.17) is 4.74 Å². The minimum atomic E-state index is -0.339. The van der Waals surface area contributed by atoms with Crippen LogP contribution in [0.4, 0.5) is 4.79 Å². The van der Waals surface area contributed by atoms with Crippen LogP contribution in [0.15, 0.2) is 41.3 Å². The first-order valence-electron chi connectivity index (χ1n) is 9.27. The van der Waals surface area contributed by atoms with E-state index in [1.54, 1.807) is 37.5 Å². The predicted molar refractivity (Wildman–Crippen MR) is 114 cm³/mol. The lowest BCUT2D eigenvalue weighted by atomic mass is 9.96. The Kier molecular flexibility index (Phi) is 6.09. The van der Waals surface area contributed by atoms with Crippen LogP contribution in [0.1, 0.15) is 47.6 Å². The topological polar surface area (TPSA) is 70.4 Å². The van der Waals surface area contributed by atoms with Crippen molar-refractivity contribution in [2.75, 3.05) is 7.11 Å². The van der Waals surface area contributed by atoms with Crippen molar-refractivity contribution in [3.05, 3.63) is 69.1 Å². The van der Waals surface area contributed by atoms with Gasteiger partial charge < -0.3 is 4.74 Å². The minimum Gasteiger partial charge on any atom is -0.496 e. The van der Waals surface area contributed by atoms with Gasteiger partial charge in [-0.15, -0.1) is 0 Å². The van der Waals surface area contributed by atoms with E-state index in [0.29, 0.717) is 16.0 Å². The SMILES string of the molecule is COc1cc(C)c(/C=C2/SC(=O)N(Cc3ccccc3C#N)C2=O)cc1C(C)C. The summed E-state index contributed by atoms with van der Waals surface area (Å²) < 4.78 is 5.47. The van der Waals surface area contributed by atoms with Crippen LogP contribution in [0.25, 0.3) is 6.08 Å². The molecule has 0 aliphatic carbocycles. The first-order valence-corrected chi connectivity index (χ1v) is 10.1. The summed E-state index contributed by atoms with van der Waals surface area (Å²) in [7, 11) is 1.64. The van der Waals surface area contributed by atoms with Crippen LogP contribution in [-0.2, 0) is 11.3 Å². The summed E-state index contributed by atoms with van der Waals surface area (Å²) >= 11 is 0.927. The maximum Gasteiger partial charge on any atom is 0.293 e. The molecule has 148 valence electrons. The van der Waals surface area contributed by atoms with Crippen molar-refractivity contribution >= 4 is 29.0 Å².